The molecule has 0 saturated heterocycles. The predicted molar refractivity (Wildman–Crippen MR) is 111 cm³/mol. The number of halogens is 1. The van der Waals surface area contributed by atoms with Crippen LogP contribution in [-0.4, -0.2) is 38.8 Å². The summed E-state index contributed by atoms with van der Waals surface area (Å²) >= 11 is 0. The Morgan fingerprint density at radius 1 is 1.20 bits per heavy atom. The molecule has 0 aliphatic rings. The largest absolute Gasteiger partial charge is 0.356 e. The molecule has 2 N–H and O–H groups in total. The first-order chi connectivity index (χ1) is 11.7. The molecule has 0 atom stereocenters. The van der Waals surface area contributed by atoms with Crippen molar-refractivity contribution in [2.45, 2.75) is 39.7 Å². The second kappa shape index (κ2) is 11.8. The summed E-state index contributed by atoms with van der Waals surface area (Å²) in [5.74, 6) is 2.55. The highest BCUT2D eigenvalue weighted by atomic mass is 127. The SMILES string of the molecule is CCCCNC(=NCc1nnc(C)n1C)NCCc1ccccn1.I. The van der Waals surface area contributed by atoms with Crippen LogP contribution in [0.4, 0.5) is 0 Å². The Morgan fingerprint density at radius 3 is 2.64 bits per heavy atom. The van der Waals surface area contributed by atoms with E-state index < -0.39 is 0 Å². The quantitative estimate of drug-likeness (QED) is 0.275. The fourth-order valence-corrected chi connectivity index (χ4v) is 2.15. The molecule has 0 bridgehead atoms. The first-order valence-electron chi connectivity index (χ1n) is 8.47. The molecular formula is C17H28IN7. The third kappa shape index (κ3) is 7.37. The molecule has 0 saturated carbocycles. The summed E-state index contributed by atoms with van der Waals surface area (Å²) < 4.78 is 1.96. The maximum atomic E-state index is 4.62. The summed E-state index contributed by atoms with van der Waals surface area (Å²) in [7, 11) is 1.96. The lowest BCUT2D eigenvalue weighted by atomic mass is 10.3. The summed E-state index contributed by atoms with van der Waals surface area (Å²) in [4.78, 5) is 8.96. The van der Waals surface area contributed by atoms with Gasteiger partial charge in [0.15, 0.2) is 11.8 Å². The lowest BCUT2D eigenvalue weighted by Gasteiger charge is -2.12. The molecule has 0 aromatic carbocycles. The molecule has 2 aromatic rings. The lowest BCUT2D eigenvalue weighted by molar-refractivity contribution is 0.712. The molecule has 0 unspecified atom stereocenters. The average Bonchev–Trinajstić information content (AvgIpc) is 2.92. The van der Waals surface area contributed by atoms with Crippen LogP contribution in [0.15, 0.2) is 29.4 Å². The van der Waals surface area contributed by atoms with E-state index in [1.165, 1.54) is 0 Å². The van der Waals surface area contributed by atoms with Gasteiger partial charge < -0.3 is 15.2 Å². The van der Waals surface area contributed by atoms with E-state index in [1.807, 2.05) is 42.9 Å². The van der Waals surface area contributed by atoms with Crippen molar-refractivity contribution in [3.8, 4) is 0 Å². The van der Waals surface area contributed by atoms with E-state index in [1.54, 1.807) is 0 Å². The van der Waals surface area contributed by atoms with E-state index in [0.29, 0.717) is 6.54 Å². The van der Waals surface area contributed by atoms with Crippen LogP contribution in [0, 0.1) is 6.92 Å². The number of pyridine rings is 1. The smallest absolute Gasteiger partial charge is 0.191 e. The molecule has 2 aromatic heterocycles. The molecule has 138 valence electrons. The average molecular weight is 457 g/mol. The number of unbranched alkanes of at least 4 members (excludes halogenated alkanes) is 1. The molecule has 0 radical (unpaired) electrons. The predicted octanol–water partition coefficient (Wildman–Crippen LogP) is 2.21. The van der Waals surface area contributed by atoms with Crippen LogP contribution in [0.3, 0.4) is 0 Å². The standard InChI is InChI=1S/C17H27N7.HI/c1-4-5-10-19-17(20-12-9-15-8-6-7-11-18-15)21-13-16-23-22-14(2)24(16)3;/h6-8,11H,4-5,9-10,12-13H2,1-3H3,(H2,19,20,21);1H. The van der Waals surface area contributed by atoms with Crippen molar-refractivity contribution in [2.75, 3.05) is 13.1 Å². The van der Waals surface area contributed by atoms with Crippen LogP contribution in [0.5, 0.6) is 0 Å². The minimum Gasteiger partial charge on any atom is -0.356 e. The van der Waals surface area contributed by atoms with Crippen LogP contribution < -0.4 is 10.6 Å². The summed E-state index contributed by atoms with van der Waals surface area (Å²) in [5, 5.41) is 14.9. The van der Waals surface area contributed by atoms with Crippen molar-refractivity contribution in [3.05, 3.63) is 41.7 Å². The monoisotopic (exact) mass is 457 g/mol. The fourth-order valence-electron chi connectivity index (χ4n) is 2.15. The number of guanidine groups is 1. The zero-order valence-corrected chi connectivity index (χ0v) is 17.5. The van der Waals surface area contributed by atoms with Gasteiger partial charge in [-0.15, -0.1) is 34.2 Å². The molecule has 25 heavy (non-hydrogen) atoms. The number of aliphatic imine (C=N–C) groups is 1. The molecule has 2 rings (SSSR count). The molecule has 0 aliphatic carbocycles. The first kappa shape index (κ1) is 21.3. The number of aryl methyl sites for hydroxylation is 1. The van der Waals surface area contributed by atoms with Crippen molar-refractivity contribution in [1.82, 2.24) is 30.4 Å². The van der Waals surface area contributed by atoms with Crippen LogP contribution >= 0.6 is 24.0 Å². The maximum Gasteiger partial charge on any atom is 0.191 e. The number of hydrogen-bond acceptors (Lipinski definition) is 4. The highest BCUT2D eigenvalue weighted by Gasteiger charge is 2.05. The van der Waals surface area contributed by atoms with Gasteiger partial charge in [-0.3, -0.25) is 4.98 Å². The summed E-state index contributed by atoms with van der Waals surface area (Å²) in [6.07, 6.45) is 4.94. The Labute approximate surface area is 166 Å². The van der Waals surface area contributed by atoms with Gasteiger partial charge in [-0.1, -0.05) is 19.4 Å². The normalized spacial score (nSPS) is 11.1. The first-order valence-corrected chi connectivity index (χ1v) is 8.47. The van der Waals surface area contributed by atoms with Crippen molar-refractivity contribution >= 4 is 29.9 Å². The molecule has 0 amide bonds. The molecular weight excluding hydrogens is 429 g/mol. The van der Waals surface area contributed by atoms with Gasteiger partial charge in [0.25, 0.3) is 0 Å². The van der Waals surface area contributed by atoms with E-state index in [9.17, 15) is 0 Å². The number of rotatable bonds is 8. The van der Waals surface area contributed by atoms with Gasteiger partial charge in [0.2, 0.25) is 0 Å². The molecule has 2 heterocycles. The van der Waals surface area contributed by atoms with Crippen LogP contribution in [0.2, 0.25) is 0 Å². The van der Waals surface area contributed by atoms with E-state index in [-0.39, 0.29) is 24.0 Å². The summed E-state index contributed by atoms with van der Waals surface area (Å²) in [6.45, 7) is 6.31. The highest BCUT2D eigenvalue weighted by molar-refractivity contribution is 14.0. The van der Waals surface area contributed by atoms with Crippen molar-refractivity contribution in [3.63, 3.8) is 0 Å². The second-order valence-electron chi connectivity index (χ2n) is 5.67. The third-order valence-corrected chi connectivity index (χ3v) is 3.78. The minimum atomic E-state index is 0. The van der Waals surface area contributed by atoms with Crippen LogP contribution in [-0.2, 0) is 20.0 Å². The second-order valence-corrected chi connectivity index (χ2v) is 5.67. The van der Waals surface area contributed by atoms with Gasteiger partial charge in [0.05, 0.1) is 0 Å². The molecule has 0 aliphatic heterocycles. The third-order valence-electron chi connectivity index (χ3n) is 3.78. The van der Waals surface area contributed by atoms with Gasteiger partial charge in [0, 0.05) is 38.4 Å². The Kier molecular flexibility index (Phi) is 10.0. The lowest BCUT2D eigenvalue weighted by Crippen LogP contribution is -2.39. The summed E-state index contributed by atoms with van der Waals surface area (Å²) in [5.41, 5.74) is 1.07. The van der Waals surface area contributed by atoms with Crippen molar-refractivity contribution < 1.29 is 0 Å². The highest BCUT2D eigenvalue weighted by Crippen LogP contribution is 1.99. The van der Waals surface area contributed by atoms with E-state index in [2.05, 4.69) is 37.7 Å². The van der Waals surface area contributed by atoms with Gasteiger partial charge in [-0.05, 0) is 25.5 Å². The van der Waals surface area contributed by atoms with E-state index in [4.69, 9.17) is 0 Å². The fraction of sp³-hybridized carbons (Fsp3) is 0.529. The Bertz CT molecular complexity index is 640. The van der Waals surface area contributed by atoms with E-state index >= 15 is 0 Å². The summed E-state index contributed by atoms with van der Waals surface area (Å²) in [6, 6.07) is 5.97. The van der Waals surface area contributed by atoms with Crippen molar-refractivity contribution in [1.29, 1.82) is 0 Å². The molecule has 8 heteroatoms. The maximum absolute atomic E-state index is 4.62. The minimum absolute atomic E-state index is 0. The number of nitrogens with zero attached hydrogens (tertiary/aromatic N) is 5. The van der Waals surface area contributed by atoms with Crippen molar-refractivity contribution in [2.24, 2.45) is 12.0 Å². The Balaban J connectivity index is 0.00000312. The van der Waals surface area contributed by atoms with E-state index in [0.717, 1.165) is 55.7 Å². The van der Waals surface area contributed by atoms with Gasteiger partial charge >= 0.3 is 0 Å². The Hall–Kier alpha value is -1.71. The molecule has 7 nitrogen and oxygen atoms in total. The van der Waals surface area contributed by atoms with Gasteiger partial charge in [0.1, 0.15) is 12.4 Å². The number of aromatic nitrogens is 4. The molecule has 0 fully saturated rings. The van der Waals surface area contributed by atoms with Crippen LogP contribution in [0.1, 0.15) is 37.1 Å². The topological polar surface area (TPSA) is 80.0 Å². The number of nitrogens with one attached hydrogen (secondary N) is 2. The Morgan fingerprint density at radius 2 is 2.00 bits per heavy atom. The van der Waals surface area contributed by atoms with Crippen LogP contribution in [0.25, 0.3) is 0 Å². The number of hydrogen-bond donors (Lipinski definition) is 2. The van der Waals surface area contributed by atoms with Gasteiger partial charge in [-0.25, -0.2) is 4.99 Å². The van der Waals surface area contributed by atoms with Gasteiger partial charge in [-0.2, -0.15) is 0 Å². The molecule has 0 spiro atoms. The zero-order chi connectivity index (χ0) is 17.2. The zero-order valence-electron chi connectivity index (χ0n) is 15.2.